The van der Waals surface area contributed by atoms with Crippen LogP contribution in [0.5, 0.6) is 0 Å². The van der Waals surface area contributed by atoms with Gasteiger partial charge in [-0.25, -0.2) is 0 Å². The van der Waals surface area contributed by atoms with Gasteiger partial charge >= 0.3 is 0 Å². The van der Waals surface area contributed by atoms with Gasteiger partial charge in [-0.1, -0.05) is 41.0 Å². The van der Waals surface area contributed by atoms with Crippen molar-refractivity contribution in [2.24, 2.45) is 0 Å². The smallest absolute Gasteiger partial charge is 0.260 e. The molecule has 1 saturated carbocycles. The fraction of sp³-hybridized carbons (Fsp3) is 0.182. The summed E-state index contributed by atoms with van der Waals surface area (Å²) in [5.41, 5.74) is 3.75. The maximum absolute atomic E-state index is 12.5. The topological polar surface area (TPSA) is 95.6 Å². The zero-order valence-electron chi connectivity index (χ0n) is 15.6. The molecule has 3 N–H and O–H groups in total. The van der Waals surface area contributed by atoms with Crippen molar-refractivity contribution in [2.45, 2.75) is 18.3 Å². The van der Waals surface area contributed by atoms with Gasteiger partial charge in [-0.05, 0) is 52.0 Å². The van der Waals surface area contributed by atoms with E-state index in [0.717, 1.165) is 29.5 Å². The molecule has 2 aliphatic rings. The molecular formula is C22H16BrClN2O4. The van der Waals surface area contributed by atoms with Gasteiger partial charge in [0.25, 0.3) is 5.91 Å². The highest BCUT2D eigenvalue weighted by molar-refractivity contribution is 9.10. The van der Waals surface area contributed by atoms with E-state index in [1.165, 1.54) is 6.07 Å². The maximum atomic E-state index is 12.5. The molecule has 2 aromatic carbocycles. The number of rotatable bonds is 4. The molecule has 1 aliphatic heterocycles. The summed E-state index contributed by atoms with van der Waals surface area (Å²) in [4.78, 5) is 12.5. The molecule has 5 rings (SSSR count). The normalized spacial score (nSPS) is 18.2. The number of aliphatic hydroxyl groups excluding tert-OH is 2. The van der Waals surface area contributed by atoms with Gasteiger partial charge in [0.2, 0.25) is 5.76 Å². The Bertz CT molecular complexity index is 1210. The molecule has 0 bridgehead atoms. The number of carbonyl (C=O) groups excluding carboxylic acids is 1. The zero-order valence-corrected chi connectivity index (χ0v) is 17.9. The number of halogens is 2. The van der Waals surface area contributed by atoms with Crippen LogP contribution < -0.4 is 5.32 Å². The van der Waals surface area contributed by atoms with Crippen molar-refractivity contribution in [1.29, 1.82) is 0 Å². The van der Waals surface area contributed by atoms with E-state index in [-0.39, 0.29) is 29.1 Å². The van der Waals surface area contributed by atoms with Crippen LogP contribution in [0, 0.1) is 0 Å². The van der Waals surface area contributed by atoms with E-state index in [4.69, 9.17) is 16.1 Å². The molecule has 0 spiro atoms. The number of aliphatic hydroxyl groups is 2. The molecule has 1 aliphatic carbocycles. The molecule has 0 radical (unpaired) electrons. The Kier molecular flexibility index (Phi) is 4.50. The lowest BCUT2D eigenvalue weighted by Crippen LogP contribution is -2.11. The summed E-state index contributed by atoms with van der Waals surface area (Å²) in [5, 5.41) is 27.2. The van der Waals surface area contributed by atoms with Crippen LogP contribution in [0.4, 0.5) is 5.69 Å². The third-order valence-electron chi connectivity index (χ3n) is 5.77. The van der Waals surface area contributed by atoms with Crippen molar-refractivity contribution in [3.05, 3.63) is 69.0 Å². The Hall–Kier alpha value is -2.61. The lowest BCUT2D eigenvalue weighted by atomic mass is 9.93. The summed E-state index contributed by atoms with van der Waals surface area (Å²) >= 11 is 9.67. The molecule has 8 heteroatoms. The Morgan fingerprint density at radius 1 is 1.20 bits per heavy atom. The Morgan fingerprint density at radius 2 is 1.93 bits per heavy atom. The fourth-order valence-electron chi connectivity index (χ4n) is 3.83. The summed E-state index contributed by atoms with van der Waals surface area (Å²) in [6, 6.07) is 12.9. The van der Waals surface area contributed by atoms with E-state index in [1.807, 2.05) is 24.3 Å². The largest absolute Gasteiger partial charge is 0.504 e. The van der Waals surface area contributed by atoms with E-state index in [0.29, 0.717) is 20.9 Å². The van der Waals surface area contributed by atoms with Gasteiger partial charge in [-0.2, -0.15) is 0 Å². The molecule has 1 amide bonds. The molecule has 1 fully saturated rings. The summed E-state index contributed by atoms with van der Waals surface area (Å²) in [7, 11) is 0. The van der Waals surface area contributed by atoms with Crippen LogP contribution in [-0.2, 0) is 10.2 Å². The van der Waals surface area contributed by atoms with Gasteiger partial charge in [0, 0.05) is 22.6 Å². The highest BCUT2D eigenvalue weighted by Crippen LogP contribution is 2.48. The van der Waals surface area contributed by atoms with Gasteiger partial charge in [-0.15, -0.1) is 0 Å². The summed E-state index contributed by atoms with van der Waals surface area (Å²) in [6.07, 6.45) is 1.98. The van der Waals surface area contributed by atoms with Crippen LogP contribution >= 0.6 is 27.5 Å². The molecule has 1 aromatic heterocycles. The maximum Gasteiger partial charge on any atom is 0.260 e. The minimum atomic E-state index is -0.447. The monoisotopic (exact) mass is 486 g/mol. The Morgan fingerprint density at radius 3 is 2.53 bits per heavy atom. The Labute approximate surface area is 185 Å². The van der Waals surface area contributed by atoms with Gasteiger partial charge in [0.05, 0.1) is 22.9 Å². The number of fused-ring (bicyclic) bond motifs is 1. The molecule has 6 nitrogen and oxygen atoms in total. The van der Waals surface area contributed by atoms with Crippen molar-refractivity contribution >= 4 is 50.5 Å². The van der Waals surface area contributed by atoms with E-state index >= 15 is 0 Å². The van der Waals surface area contributed by atoms with E-state index in [1.54, 1.807) is 12.1 Å². The second kappa shape index (κ2) is 6.97. The van der Waals surface area contributed by atoms with Gasteiger partial charge in [-0.3, -0.25) is 4.79 Å². The van der Waals surface area contributed by atoms with Gasteiger partial charge in [0.15, 0.2) is 5.76 Å². The van der Waals surface area contributed by atoms with Crippen molar-refractivity contribution in [2.75, 3.05) is 11.9 Å². The first-order chi connectivity index (χ1) is 14.4. The number of benzene rings is 2. The molecule has 0 atom stereocenters. The van der Waals surface area contributed by atoms with E-state index in [9.17, 15) is 15.0 Å². The van der Waals surface area contributed by atoms with Crippen molar-refractivity contribution in [3.8, 4) is 11.1 Å². The molecule has 2 heterocycles. The van der Waals surface area contributed by atoms with Crippen LogP contribution in [0.3, 0.4) is 0 Å². The highest BCUT2D eigenvalue weighted by atomic mass is 79.9. The number of amides is 1. The lowest BCUT2D eigenvalue weighted by Gasteiger charge is -2.14. The standard InChI is InChI=1S/C22H16BrClN2O4/c23-18-9-17(30-26-18)20(28)19-14-7-13(15(24)8-16(14)25-21(19)29)11-1-3-12(4-2-11)22(10-27)5-6-22/h1-4,7-9,27-28H,5-6,10H2,(H,25,29)/b20-19-. The first-order valence-electron chi connectivity index (χ1n) is 9.35. The number of nitrogens with one attached hydrogen (secondary N) is 1. The third kappa shape index (κ3) is 3.05. The van der Waals surface area contributed by atoms with Crippen LogP contribution in [0.1, 0.15) is 29.7 Å². The lowest BCUT2D eigenvalue weighted by molar-refractivity contribution is -0.110. The zero-order chi connectivity index (χ0) is 21.0. The number of nitrogens with zero attached hydrogens (tertiary/aromatic N) is 1. The average Bonchev–Trinajstić information content (AvgIpc) is 3.32. The van der Waals surface area contributed by atoms with Crippen LogP contribution in [-0.4, -0.2) is 27.9 Å². The summed E-state index contributed by atoms with van der Waals surface area (Å²) < 4.78 is 5.48. The average molecular weight is 488 g/mol. The first-order valence-corrected chi connectivity index (χ1v) is 10.5. The van der Waals surface area contributed by atoms with E-state index in [2.05, 4.69) is 26.4 Å². The van der Waals surface area contributed by atoms with Crippen LogP contribution in [0.2, 0.25) is 5.02 Å². The molecule has 30 heavy (non-hydrogen) atoms. The fourth-order valence-corrected chi connectivity index (χ4v) is 4.38. The molecule has 152 valence electrons. The van der Waals surface area contributed by atoms with Crippen LogP contribution in [0.15, 0.2) is 51.6 Å². The number of hydrogen-bond donors (Lipinski definition) is 3. The number of anilines is 1. The number of aromatic nitrogens is 1. The minimum absolute atomic E-state index is 0.0828. The van der Waals surface area contributed by atoms with Crippen LogP contribution in [0.25, 0.3) is 22.5 Å². The third-order valence-corrected chi connectivity index (χ3v) is 6.45. The number of hydrogen-bond acceptors (Lipinski definition) is 5. The van der Waals surface area contributed by atoms with Gasteiger partial charge in [0.1, 0.15) is 4.60 Å². The predicted octanol–water partition coefficient (Wildman–Crippen LogP) is 5.16. The molecular weight excluding hydrogens is 472 g/mol. The summed E-state index contributed by atoms with van der Waals surface area (Å²) in [5.74, 6) is -0.664. The quantitative estimate of drug-likeness (QED) is 0.349. The minimum Gasteiger partial charge on any atom is -0.504 e. The Balaban J connectivity index is 1.59. The number of carbonyl (C=O) groups is 1. The van der Waals surface area contributed by atoms with Gasteiger partial charge < -0.3 is 20.1 Å². The highest BCUT2D eigenvalue weighted by Gasteiger charge is 2.43. The molecule has 0 saturated heterocycles. The summed E-state index contributed by atoms with van der Waals surface area (Å²) in [6.45, 7) is 0.144. The SMILES string of the molecule is O=C1Nc2cc(Cl)c(-c3ccc(C4(CO)CC4)cc3)cc2/C1=C(/O)c1cc(Br)no1. The first kappa shape index (κ1) is 19.4. The second-order valence-corrected chi connectivity index (χ2v) is 8.80. The van der Waals surface area contributed by atoms with E-state index < -0.39 is 5.91 Å². The molecule has 0 unspecified atom stereocenters. The van der Waals surface area contributed by atoms with Crippen molar-refractivity contribution < 1.29 is 19.5 Å². The second-order valence-electron chi connectivity index (χ2n) is 7.59. The van der Waals surface area contributed by atoms with Crippen molar-refractivity contribution in [3.63, 3.8) is 0 Å². The van der Waals surface area contributed by atoms with Crippen molar-refractivity contribution in [1.82, 2.24) is 5.16 Å². The predicted molar refractivity (Wildman–Crippen MR) is 117 cm³/mol. The molecule has 3 aromatic rings.